The quantitative estimate of drug-likeness (QED) is 0.209. The number of alkyl halides is 1. The number of aromatic nitrogens is 2. The first-order valence-electron chi connectivity index (χ1n) is 14.6. The van der Waals surface area contributed by atoms with Gasteiger partial charge in [0.1, 0.15) is 18.6 Å². The number of rotatable bonds is 7. The summed E-state index contributed by atoms with van der Waals surface area (Å²) in [5, 5.41) is 13.0. The summed E-state index contributed by atoms with van der Waals surface area (Å²) in [5.41, 5.74) is 2.10. The summed E-state index contributed by atoms with van der Waals surface area (Å²) < 4.78 is 34.0. The van der Waals surface area contributed by atoms with Crippen LogP contribution in [0.3, 0.4) is 0 Å². The Morgan fingerprint density at radius 2 is 1.87 bits per heavy atom. The lowest BCUT2D eigenvalue weighted by Crippen LogP contribution is -2.55. The molecule has 0 aliphatic carbocycles. The zero-order chi connectivity index (χ0) is 31.8. The molecule has 3 atom stereocenters. The number of likely N-dealkylation sites (N-methyl/N-ethyl adjacent to an activating group) is 1. The predicted octanol–water partition coefficient (Wildman–Crippen LogP) is 6.59. The van der Waals surface area contributed by atoms with Gasteiger partial charge in [-0.25, -0.2) is 8.78 Å². The molecule has 0 N–H and O–H groups in total. The van der Waals surface area contributed by atoms with Crippen LogP contribution in [0.25, 0.3) is 32.8 Å². The van der Waals surface area contributed by atoms with Gasteiger partial charge in [0.15, 0.2) is 5.83 Å². The van der Waals surface area contributed by atoms with Crippen LogP contribution >= 0.6 is 23.2 Å². The zero-order valence-corrected chi connectivity index (χ0v) is 26.0. The van der Waals surface area contributed by atoms with E-state index < -0.39 is 23.9 Å². The van der Waals surface area contributed by atoms with Crippen LogP contribution in [-0.2, 0) is 4.79 Å². The van der Waals surface area contributed by atoms with Crippen LogP contribution in [0.15, 0.2) is 60.9 Å². The Morgan fingerprint density at radius 1 is 1.09 bits per heavy atom. The smallest absolute Gasteiger partial charge is 0.319 e. The van der Waals surface area contributed by atoms with Gasteiger partial charge in [0.2, 0.25) is 0 Å². The number of ether oxygens (including phenoxy) is 1. The number of amides is 1. The fourth-order valence-electron chi connectivity index (χ4n) is 6.27. The maximum absolute atomic E-state index is 14.0. The van der Waals surface area contributed by atoms with Gasteiger partial charge in [-0.05, 0) is 42.6 Å². The van der Waals surface area contributed by atoms with Gasteiger partial charge in [-0.1, -0.05) is 60.1 Å². The number of nitriles is 1. The molecular weight excluding hydrogens is 621 g/mol. The van der Waals surface area contributed by atoms with E-state index in [2.05, 4.69) is 12.6 Å². The fraction of sp³-hybridized carbons (Fsp3) is 0.333. The van der Waals surface area contributed by atoms with E-state index >= 15 is 0 Å². The summed E-state index contributed by atoms with van der Waals surface area (Å²) in [4.78, 5) is 27.2. The lowest BCUT2D eigenvalue weighted by Gasteiger charge is -2.41. The number of benzene rings is 3. The van der Waals surface area contributed by atoms with Crippen molar-refractivity contribution in [3.05, 3.63) is 71.0 Å². The minimum Gasteiger partial charge on any atom is -0.462 e. The van der Waals surface area contributed by atoms with E-state index in [1.165, 1.54) is 4.90 Å². The van der Waals surface area contributed by atoms with Gasteiger partial charge in [0, 0.05) is 58.6 Å². The van der Waals surface area contributed by atoms with Crippen LogP contribution in [0.5, 0.6) is 6.01 Å². The maximum Gasteiger partial charge on any atom is 0.319 e. The SMILES string of the molecule is C=C(F)C(=O)N1CCN(c2nc(OC[C@@H]3C[C@@H](F)CN3C)nc3cc(-c4cccc5cccc(Cl)c45)c(Cl)cc23)C[C@@H]1CC#N. The molecule has 0 radical (unpaired) electrons. The van der Waals surface area contributed by atoms with Crippen molar-refractivity contribution in [2.75, 3.05) is 44.7 Å². The number of carbonyl (C=O) groups is 1. The molecule has 1 aromatic heterocycles. The average molecular weight is 652 g/mol. The highest BCUT2D eigenvalue weighted by Gasteiger charge is 2.34. The number of hydrogen-bond donors (Lipinski definition) is 0. The molecule has 0 bridgehead atoms. The van der Waals surface area contributed by atoms with Crippen molar-refractivity contribution in [2.24, 2.45) is 0 Å². The second-order valence-electron chi connectivity index (χ2n) is 11.4. The van der Waals surface area contributed by atoms with Crippen molar-refractivity contribution in [1.29, 1.82) is 5.26 Å². The largest absolute Gasteiger partial charge is 0.462 e. The molecule has 2 fully saturated rings. The van der Waals surface area contributed by atoms with Crippen LogP contribution < -0.4 is 9.64 Å². The molecule has 6 rings (SSSR count). The Labute approximate surface area is 269 Å². The lowest BCUT2D eigenvalue weighted by molar-refractivity contribution is -0.131. The highest BCUT2D eigenvalue weighted by atomic mass is 35.5. The van der Waals surface area contributed by atoms with Crippen molar-refractivity contribution >= 4 is 56.6 Å². The second-order valence-corrected chi connectivity index (χ2v) is 12.2. The van der Waals surface area contributed by atoms with Gasteiger partial charge in [0.25, 0.3) is 5.91 Å². The average Bonchev–Trinajstić information content (AvgIpc) is 3.35. The Balaban J connectivity index is 1.44. The molecule has 3 heterocycles. The van der Waals surface area contributed by atoms with E-state index in [1.807, 2.05) is 59.3 Å². The molecule has 2 saturated heterocycles. The third-order valence-electron chi connectivity index (χ3n) is 8.53. The number of piperazine rings is 1. The first kappa shape index (κ1) is 31.0. The third-order valence-corrected chi connectivity index (χ3v) is 9.16. The second kappa shape index (κ2) is 12.8. The van der Waals surface area contributed by atoms with E-state index in [4.69, 9.17) is 37.9 Å². The molecule has 4 aromatic rings. The first-order chi connectivity index (χ1) is 21.6. The van der Waals surface area contributed by atoms with Crippen molar-refractivity contribution < 1.29 is 18.3 Å². The summed E-state index contributed by atoms with van der Waals surface area (Å²) in [7, 11) is 1.85. The zero-order valence-electron chi connectivity index (χ0n) is 24.5. The lowest BCUT2D eigenvalue weighted by atomic mass is 9.97. The molecule has 2 aliphatic rings. The molecule has 3 aromatic carbocycles. The molecule has 232 valence electrons. The maximum atomic E-state index is 14.0. The summed E-state index contributed by atoms with van der Waals surface area (Å²) in [6.45, 7) is 4.34. The number of nitrogens with zero attached hydrogens (tertiary/aromatic N) is 6. The topological polar surface area (TPSA) is 85.6 Å². The normalized spacial score (nSPS) is 20.5. The van der Waals surface area contributed by atoms with Crippen molar-refractivity contribution in [3.8, 4) is 23.2 Å². The number of halogens is 4. The highest BCUT2D eigenvalue weighted by molar-refractivity contribution is 6.38. The number of fused-ring (bicyclic) bond motifs is 2. The van der Waals surface area contributed by atoms with Crippen LogP contribution in [0, 0.1) is 11.3 Å². The summed E-state index contributed by atoms with van der Waals surface area (Å²) in [6, 6.07) is 16.7. The molecule has 12 heteroatoms. The number of likely N-dealkylation sites (tertiary alicyclic amines) is 1. The molecule has 0 saturated carbocycles. The van der Waals surface area contributed by atoms with Gasteiger partial charge >= 0.3 is 6.01 Å². The molecule has 2 aliphatic heterocycles. The van der Waals surface area contributed by atoms with Gasteiger partial charge in [-0.3, -0.25) is 9.69 Å². The molecule has 0 unspecified atom stereocenters. The Hall–Kier alpha value is -4.04. The van der Waals surface area contributed by atoms with Crippen LogP contribution in [0.2, 0.25) is 10.0 Å². The van der Waals surface area contributed by atoms with Crippen molar-refractivity contribution in [1.82, 2.24) is 19.8 Å². The van der Waals surface area contributed by atoms with Gasteiger partial charge in [0.05, 0.1) is 24.0 Å². The van der Waals surface area contributed by atoms with Crippen LogP contribution in [0.4, 0.5) is 14.6 Å². The van der Waals surface area contributed by atoms with Gasteiger partial charge in [-0.2, -0.15) is 15.2 Å². The van der Waals surface area contributed by atoms with Crippen LogP contribution in [0.1, 0.15) is 12.8 Å². The van der Waals surface area contributed by atoms with Gasteiger partial charge in [-0.15, -0.1) is 0 Å². The van der Waals surface area contributed by atoms with Crippen molar-refractivity contribution in [2.45, 2.75) is 31.1 Å². The predicted molar refractivity (Wildman–Crippen MR) is 172 cm³/mol. The fourth-order valence-corrected chi connectivity index (χ4v) is 6.82. The number of hydrogen-bond acceptors (Lipinski definition) is 7. The minimum atomic E-state index is -1.07. The molecular formula is C33H30Cl2F2N6O2. The van der Waals surface area contributed by atoms with Crippen LogP contribution in [-0.4, -0.2) is 83.8 Å². The highest BCUT2D eigenvalue weighted by Crippen LogP contribution is 2.41. The number of carbonyl (C=O) groups excluding carboxylic acids is 1. The standard InChI is InChI=1S/C33H30Cl2F2N6O2/c1-19(36)32(44)43-12-11-42(17-22(43)9-10-38)31-26-14-28(35)25(24-7-3-5-20-6-4-8-27(34)30(20)24)15-29(26)39-33(40-31)45-18-23-13-21(37)16-41(23)2/h3-8,14-15,21-23H,1,9,11-13,16-18H2,2H3/t21-,22+,23+/m1/s1. The Bertz CT molecular complexity index is 1840. The molecule has 8 nitrogen and oxygen atoms in total. The molecule has 45 heavy (non-hydrogen) atoms. The van der Waals surface area contributed by atoms with E-state index in [1.54, 1.807) is 6.07 Å². The third kappa shape index (κ3) is 6.12. The summed E-state index contributed by atoms with van der Waals surface area (Å²) in [6.07, 6.45) is -0.581. The Morgan fingerprint density at radius 3 is 2.58 bits per heavy atom. The summed E-state index contributed by atoms with van der Waals surface area (Å²) >= 11 is 13.6. The molecule has 0 spiro atoms. The van der Waals surface area contributed by atoms with E-state index in [-0.39, 0.29) is 38.2 Å². The van der Waals surface area contributed by atoms with Gasteiger partial charge < -0.3 is 14.5 Å². The Kier molecular flexibility index (Phi) is 8.78. The summed E-state index contributed by atoms with van der Waals surface area (Å²) in [5.74, 6) is -1.41. The monoisotopic (exact) mass is 650 g/mol. The van der Waals surface area contributed by atoms with E-state index in [0.717, 1.165) is 16.3 Å². The van der Waals surface area contributed by atoms with E-state index in [9.17, 15) is 18.8 Å². The first-order valence-corrected chi connectivity index (χ1v) is 15.3. The van der Waals surface area contributed by atoms with E-state index in [0.29, 0.717) is 51.8 Å². The molecule has 1 amide bonds. The minimum absolute atomic E-state index is 0.00689. The number of anilines is 1. The van der Waals surface area contributed by atoms with Crippen molar-refractivity contribution in [3.63, 3.8) is 0 Å².